The van der Waals surface area contributed by atoms with Crippen LogP contribution in [0.1, 0.15) is 0 Å². The van der Waals surface area contributed by atoms with E-state index in [1.807, 2.05) is 30.6 Å². The van der Waals surface area contributed by atoms with Gasteiger partial charge in [0, 0.05) is 34.6 Å². The lowest BCUT2D eigenvalue weighted by molar-refractivity contribution is 1.17. The van der Waals surface area contributed by atoms with E-state index >= 15 is 0 Å². The molecule has 7 aromatic carbocycles. The van der Waals surface area contributed by atoms with Crippen LogP contribution in [0.3, 0.4) is 0 Å². The second-order valence-electron chi connectivity index (χ2n) is 13.2. The van der Waals surface area contributed by atoms with E-state index in [4.69, 9.17) is 9.97 Å². The van der Waals surface area contributed by atoms with Gasteiger partial charge in [-0.2, -0.15) is 0 Å². The molecule has 4 nitrogen and oxygen atoms in total. The molecule has 0 unspecified atom stereocenters. The molecule has 0 N–H and O–H groups in total. The van der Waals surface area contributed by atoms with Crippen molar-refractivity contribution >= 4 is 0 Å². The fourth-order valence-corrected chi connectivity index (χ4v) is 6.84. The molecule has 9 aromatic rings. The number of hydrogen-bond donors (Lipinski definition) is 0. The second-order valence-corrected chi connectivity index (χ2v) is 13.2. The maximum Gasteiger partial charge on any atom is 0.160 e. The molecule has 2 aromatic heterocycles. The Morgan fingerprint density at radius 2 is 0.574 bits per heavy atom. The first-order valence-electron chi connectivity index (χ1n) is 18.0. The molecule has 9 rings (SSSR count). The molecule has 0 aliphatic carbocycles. The molecule has 0 aliphatic rings. The normalized spacial score (nSPS) is 11.0. The van der Waals surface area contributed by atoms with Gasteiger partial charge in [0.25, 0.3) is 0 Å². The molecule has 0 atom stereocenters. The Bertz CT molecular complexity index is 2530. The van der Waals surface area contributed by atoms with Crippen LogP contribution in [0, 0.1) is 0 Å². The van der Waals surface area contributed by atoms with Crippen LogP contribution in [0.15, 0.2) is 207 Å². The van der Waals surface area contributed by atoms with Gasteiger partial charge in [0.1, 0.15) is 6.33 Å². The van der Waals surface area contributed by atoms with Crippen molar-refractivity contribution in [2.45, 2.75) is 0 Å². The zero-order valence-corrected chi connectivity index (χ0v) is 29.4. The monoisotopic (exact) mass is 690 g/mol. The average molecular weight is 691 g/mol. The van der Waals surface area contributed by atoms with E-state index in [1.165, 1.54) is 33.4 Å². The van der Waals surface area contributed by atoms with E-state index in [0.717, 1.165) is 50.3 Å². The van der Waals surface area contributed by atoms with E-state index in [9.17, 15) is 0 Å². The van der Waals surface area contributed by atoms with Crippen LogP contribution in [-0.2, 0) is 0 Å². The number of rotatable bonds is 8. The Kier molecular flexibility index (Phi) is 8.90. The van der Waals surface area contributed by atoms with E-state index in [0.29, 0.717) is 5.82 Å². The van der Waals surface area contributed by atoms with Crippen LogP contribution >= 0.6 is 0 Å². The third-order valence-electron chi connectivity index (χ3n) is 9.71. The summed E-state index contributed by atoms with van der Waals surface area (Å²) in [7, 11) is 0. The molecule has 0 aliphatic heterocycles. The van der Waals surface area contributed by atoms with Gasteiger partial charge < -0.3 is 0 Å². The Morgan fingerprint density at radius 3 is 1.02 bits per heavy atom. The maximum absolute atomic E-state index is 5.15. The van der Waals surface area contributed by atoms with Crippen LogP contribution in [-0.4, -0.2) is 19.9 Å². The van der Waals surface area contributed by atoms with E-state index in [2.05, 4.69) is 180 Å². The highest BCUT2D eigenvalue weighted by molar-refractivity contribution is 5.79. The minimum absolute atomic E-state index is 0.653. The molecule has 54 heavy (non-hydrogen) atoms. The zero-order chi connectivity index (χ0) is 36.1. The largest absolute Gasteiger partial charge is 0.244 e. The van der Waals surface area contributed by atoms with Gasteiger partial charge in [0.2, 0.25) is 0 Å². The maximum atomic E-state index is 5.15. The summed E-state index contributed by atoms with van der Waals surface area (Å²) >= 11 is 0. The van der Waals surface area contributed by atoms with Crippen molar-refractivity contribution in [3.63, 3.8) is 0 Å². The minimum atomic E-state index is 0.653. The number of hydrogen-bond acceptors (Lipinski definition) is 4. The predicted octanol–water partition coefficient (Wildman–Crippen LogP) is 12.6. The molecule has 0 spiro atoms. The molecule has 0 saturated carbocycles. The molecule has 0 bridgehead atoms. The van der Waals surface area contributed by atoms with Gasteiger partial charge in [0.15, 0.2) is 5.82 Å². The summed E-state index contributed by atoms with van der Waals surface area (Å²) in [5.41, 5.74) is 16.0. The van der Waals surface area contributed by atoms with Crippen molar-refractivity contribution in [3.8, 4) is 89.5 Å². The quantitative estimate of drug-likeness (QED) is 0.159. The smallest absolute Gasteiger partial charge is 0.160 e. The van der Waals surface area contributed by atoms with Crippen molar-refractivity contribution in [2.75, 3.05) is 0 Å². The van der Waals surface area contributed by atoms with Crippen LogP contribution in [0.25, 0.3) is 89.5 Å². The third-order valence-corrected chi connectivity index (χ3v) is 9.71. The molecule has 2 heterocycles. The lowest BCUT2D eigenvalue weighted by Gasteiger charge is -2.12. The Labute approximate surface area is 315 Å². The number of nitrogens with zero attached hydrogens (tertiary/aromatic N) is 4. The van der Waals surface area contributed by atoms with Crippen LogP contribution in [0.5, 0.6) is 0 Å². The standard InChI is InChI=1S/C50H34N4/c1-3-10-35(11-4-1)41-14-7-16-43(28-41)37-20-24-39(25-21-37)48-31-49(54-50(53-48)46-19-9-18-45(30-46)47-32-51-34-52-33-47)40-26-22-38(23-27-40)44-17-8-15-42(29-44)36-12-5-2-6-13-36/h1-34H. The molecule has 0 fully saturated rings. The summed E-state index contributed by atoms with van der Waals surface area (Å²) in [5.74, 6) is 0.653. The fourth-order valence-electron chi connectivity index (χ4n) is 6.84. The Balaban J connectivity index is 1.08. The van der Waals surface area contributed by atoms with E-state index in [1.54, 1.807) is 6.33 Å². The first-order valence-corrected chi connectivity index (χ1v) is 18.0. The van der Waals surface area contributed by atoms with Gasteiger partial charge in [-0.05, 0) is 74.3 Å². The molecule has 0 amide bonds. The molecule has 0 radical (unpaired) electrons. The molecule has 0 saturated heterocycles. The first-order chi connectivity index (χ1) is 26.7. The Hall–Kier alpha value is -7.30. The summed E-state index contributed by atoms with van der Waals surface area (Å²) in [5, 5.41) is 0. The van der Waals surface area contributed by atoms with Gasteiger partial charge in [-0.1, -0.05) is 164 Å². The summed E-state index contributed by atoms with van der Waals surface area (Å²) in [4.78, 5) is 18.8. The summed E-state index contributed by atoms with van der Waals surface area (Å²) in [6.45, 7) is 0. The predicted molar refractivity (Wildman–Crippen MR) is 221 cm³/mol. The molecular formula is C50H34N4. The topological polar surface area (TPSA) is 51.6 Å². The van der Waals surface area contributed by atoms with Crippen molar-refractivity contribution in [1.29, 1.82) is 0 Å². The average Bonchev–Trinajstić information content (AvgIpc) is 3.27. The molecular weight excluding hydrogens is 657 g/mol. The highest BCUT2D eigenvalue weighted by atomic mass is 14.9. The van der Waals surface area contributed by atoms with Gasteiger partial charge in [-0.25, -0.2) is 19.9 Å². The lowest BCUT2D eigenvalue weighted by Crippen LogP contribution is -1.96. The summed E-state index contributed by atoms with van der Waals surface area (Å²) < 4.78 is 0. The van der Waals surface area contributed by atoms with E-state index < -0.39 is 0 Å². The van der Waals surface area contributed by atoms with Gasteiger partial charge in [0.05, 0.1) is 11.4 Å². The van der Waals surface area contributed by atoms with Crippen molar-refractivity contribution < 1.29 is 0 Å². The van der Waals surface area contributed by atoms with E-state index in [-0.39, 0.29) is 0 Å². The fraction of sp³-hybridized carbons (Fsp3) is 0. The van der Waals surface area contributed by atoms with Crippen LogP contribution in [0.2, 0.25) is 0 Å². The Morgan fingerprint density at radius 1 is 0.241 bits per heavy atom. The SMILES string of the molecule is c1ccc(-c2cccc(-c3ccc(-c4cc(-c5ccc(-c6cccc(-c7ccccc7)c6)cc5)nc(-c5cccc(-c6cncnc6)c5)n4)cc3)c2)cc1. The summed E-state index contributed by atoms with van der Waals surface area (Å²) in [6, 6.07) is 66.0. The zero-order valence-electron chi connectivity index (χ0n) is 29.4. The van der Waals surface area contributed by atoms with Gasteiger partial charge >= 0.3 is 0 Å². The molecule has 4 heteroatoms. The summed E-state index contributed by atoms with van der Waals surface area (Å²) in [6.07, 6.45) is 5.19. The van der Waals surface area contributed by atoms with Crippen molar-refractivity contribution in [1.82, 2.24) is 19.9 Å². The first kappa shape index (κ1) is 32.6. The van der Waals surface area contributed by atoms with Gasteiger partial charge in [-0.15, -0.1) is 0 Å². The highest BCUT2D eigenvalue weighted by Gasteiger charge is 2.13. The lowest BCUT2D eigenvalue weighted by atomic mass is 9.97. The second kappa shape index (κ2) is 14.7. The van der Waals surface area contributed by atoms with Crippen LogP contribution in [0.4, 0.5) is 0 Å². The minimum Gasteiger partial charge on any atom is -0.244 e. The number of aromatic nitrogens is 4. The third kappa shape index (κ3) is 6.97. The highest BCUT2D eigenvalue weighted by Crippen LogP contribution is 2.33. The van der Waals surface area contributed by atoms with Crippen molar-refractivity contribution in [2.24, 2.45) is 0 Å². The van der Waals surface area contributed by atoms with Crippen molar-refractivity contribution in [3.05, 3.63) is 207 Å². The van der Waals surface area contributed by atoms with Crippen LogP contribution < -0.4 is 0 Å². The van der Waals surface area contributed by atoms with Gasteiger partial charge in [-0.3, -0.25) is 0 Å². The molecule has 254 valence electrons. The number of benzene rings is 7.